The van der Waals surface area contributed by atoms with Crippen LogP contribution in [0.1, 0.15) is 17.2 Å². The van der Waals surface area contributed by atoms with Crippen molar-refractivity contribution in [2.24, 2.45) is 5.11 Å². The fourth-order valence-corrected chi connectivity index (χ4v) is 1.34. The first-order valence-corrected chi connectivity index (χ1v) is 4.65. The third-order valence-electron chi connectivity index (χ3n) is 1.92. The summed E-state index contributed by atoms with van der Waals surface area (Å²) in [5.74, 6) is 0. The molecule has 1 unspecified atom stereocenters. The van der Waals surface area contributed by atoms with E-state index in [1.807, 2.05) is 0 Å². The lowest BCUT2D eigenvalue weighted by Gasteiger charge is -2.12. The monoisotopic (exact) mass is 266 g/mol. The zero-order valence-electron chi connectivity index (χ0n) is 8.19. The summed E-state index contributed by atoms with van der Waals surface area (Å²) in [4.78, 5) is 5.76. The Labute approximate surface area is 98.5 Å². The van der Waals surface area contributed by atoms with Crippen LogP contribution in [0.2, 0.25) is 5.15 Å². The van der Waals surface area contributed by atoms with Gasteiger partial charge in [0.25, 0.3) is 0 Å². The third-order valence-corrected chi connectivity index (χ3v) is 2.23. The highest BCUT2D eigenvalue weighted by Gasteiger charge is 2.32. The number of aromatic nitrogens is 1. The average molecular weight is 267 g/mol. The molecule has 0 aliphatic carbocycles. The smallest absolute Gasteiger partial charge is 0.396 e. The standard InChI is InChI=1S/C8H6ClF3N4O/c9-7-5(6(3-17)15-16-13)1-4(2-14-7)8(10,11)12/h1-2,6,17H,3H2. The Morgan fingerprint density at radius 1 is 1.59 bits per heavy atom. The van der Waals surface area contributed by atoms with Crippen LogP contribution in [0.15, 0.2) is 17.4 Å². The molecular formula is C8H6ClF3N4O. The molecule has 92 valence electrons. The average Bonchev–Trinajstić information content (AvgIpc) is 2.25. The maximum atomic E-state index is 12.4. The van der Waals surface area contributed by atoms with Gasteiger partial charge in [0, 0.05) is 16.7 Å². The molecule has 5 nitrogen and oxygen atoms in total. The second-order valence-corrected chi connectivity index (χ2v) is 3.36. The predicted octanol–water partition coefficient (Wildman–Crippen LogP) is 3.10. The number of alkyl halides is 3. The van der Waals surface area contributed by atoms with Crippen molar-refractivity contribution >= 4 is 11.6 Å². The maximum absolute atomic E-state index is 12.4. The summed E-state index contributed by atoms with van der Waals surface area (Å²) in [5, 5.41) is 11.8. The Morgan fingerprint density at radius 3 is 2.71 bits per heavy atom. The van der Waals surface area contributed by atoms with E-state index in [1.54, 1.807) is 0 Å². The van der Waals surface area contributed by atoms with Crippen LogP contribution in [0.4, 0.5) is 13.2 Å². The molecule has 0 aliphatic heterocycles. The van der Waals surface area contributed by atoms with Crippen molar-refractivity contribution in [1.29, 1.82) is 0 Å². The minimum Gasteiger partial charge on any atom is -0.396 e. The minimum absolute atomic E-state index is 0.165. The van der Waals surface area contributed by atoms with Crippen molar-refractivity contribution in [3.8, 4) is 0 Å². The van der Waals surface area contributed by atoms with Crippen LogP contribution in [0.5, 0.6) is 0 Å². The number of rotatable bonds is 3. The van der Waals surface area contributed by atoms with Gasteiger partial charge in [-0.05, 0) is 11.6 Å². The molecule has 1 aromatic rings. The van der Waals surface area contributed by atoms with Crippen molar-refractivity contribution in [3.63, 3.8) is 0 Å². The highest BCUT2D eigenvalue weighted by atomic mass is 35.5. The van der Waals surface area contributed by atoms with Gasteiger partial charge in [-0.2, -0.15) is 13.2 Å². The van der Waals surface area contributed by atoms with Crippen molar-refractivity contribution in [2.45, 2.75) is 12.2 Å². The summed E-state index contributed by atoms with van der Waals surface area (Å²) >= 11 is 5.58. The first-order chi connectivity index (χ1) is 7.90. The molecule has 1 aromatic heterocycles. The fraction of sp³-hybridized carbons (Fsp3) is 0.375. The molecule has 1 heterocycles. The molecule has 0 aromatic carbocycles. The van der Waals surface area contributed by atoms with Crippen molar-refractivity contribution < 1.29 is 18.3 Å². The number of aliphatic hydroxyl groups excluding tert-OH is 1. The molecular weight excluding hydrogens is 261 g/mol. The molecule has 0 amide bonds. The van der Waals surface area contributed by atoms with Gasteiger partial charge in [0.05, 0.1) is 18.2 Å². The van der Waals surface area contributed by atoms with E-state index in [1.165, 1.54) is 0 Å². The topological polar surface area (TPSA) is 81.9 Å². The molecule has 9 heteroatoms. The summed E-state index contributed by atoms with van der Waals surface area (Å²) in [6.45, 7) is -0.660. The lowest BCUT2D eigenvalue weighted by atomic mass is 10.1. The van der Waals surface area contributed by atoms with Crippen LogP contribution in [-0.4, -0.2) is 16.7 Å². The van der Waals surface area contributed by atoms with Crippen LogP contribution in [0.25, 0.3) is 10.4 Å². The molecule has 0 saturated carbocycles. The van der Waals surface area contributed by atoms with Gasteiger partial charge in [-0.3, -0.25) is 0 Å². The van der Waals surface area contributed by atoms with E-state index in [0.29, 0.717) is 12.3 Å². The third kappa shape index (κ3) is 3.23. The zero-order valence-corrected chi connectivity index (χ0v) is 8.94. The molecule has 0 spiro atoms. The number of hydrogen-bond donors (Lipinski definition) is 1. The van der Waals surface area contributed by atoms with Crippen LogP contribution < -0.4 is 0 Å². The molecule has 0 bridgehead atoms. The van der Waals surface area contributed by atoms with Crippen LogP contribution >= 0.6 is 11.6 Å². The van der Waals surface area contributed by atoms with Crippen molar-refractivity contribution in [2.75, 3.05) is 6.61 Å². The van der Waals surface area contributed by atoms with Crippen LogP contribution in [0, 0.1) is 0 Å². The van der Waals surface area contributed by atoms with Crippen molar-refractivity contribution in [3.05, 3.63) is 39.0 Å². The first kappa shape index (κ1) is 13.6. The zero-order chi connectivity index (χ0) is 13.1. The van der Waals surface area contributed by atoms with Crippen LogP contribution in [-0.2, 0) is 6.18 Å². The number of aliphatic hydroxyl groups is 1. The van der Waals surface area contributed by atoms with Crippen molar-refractivity contribution in [1.82, 2.24) is 4.98 Å². The summed E-state index contributed by atoms with van der Waals surface area (Å²) in [7, 11) is 0. The molecule has 0 radical (unpaired) electrons. The molecule has 0 aliphatic rings. The van der Waals surface area contributed by atoms with Gasteiger partial charge in [-0.25, -0.2) is 4.98 Å². The van der Waals surface area contributed by atoms with Gasteiger partial charge in [0.2, 0.25) is 0 Å². The van der Waals surface area contributed by atoms with E-state index in [2.05, 4.69) is 15.0 Å². The summed E-state index contributed by atoms with van der Waals surface area (Å²) in [6.07, 6.45) is -4.01. The SMILES string of the molecule is [N-]=[N+]=NC(CO)c1cc(C(F)(F)F)cnc1Cl. The summed E-state index contributed by atoms with van der Waals surface area (Å²) in [6, 6.07) is -0.493. The number of pyridine rings is 1. The van der Waals surface area contributed by atoms with E-state index in [-0.39, 0.29) is 10.7 Å². The lowest BCUT2D eigenvalue weighted by Crippen LogP contribution is -2.09. The van der Waals surface area contributed by atoms with E-state index >= 15 is 0 Å². The largest absolute Gasteiger partial charge is 0.417 e. The quantitative estimate of drug-likeness (QED) is 0.395. The van der Waals surface area contributed by atoms with Gasteiger partial charge in [0.1, 0.15) is 5.15 Å². The second-order valence-electron chi connectivity index (χ2n) is 3.01. The number of hydrogen-bond acceptors (Lipinski definition) is 3. The maximum Gasteiger partial charge on any atom is 0.417 e. The molecule has 1 rings (SSSR count). The molecule has 1 N–H and O–H groups in total. The highest BCUT2D eigenvalue weighted by molar-refractivity contribution is 6.30. The molecule has 17 heavy (non-hydrogen) atoms. The Balaban J connectivity index is 3.27. The molecule has 0 fully saturated rings. The van der Waals surface area contributed by atoms with E-state index in [0.717, 1.165) is 0 Å². The van der Waals surface area contributed by atoms with E-state index in [4.69, 9.17) is 22.2 Å². The van der Waals surface area contributed by atoms with Gasteiger partial charge in [-0.15, -0.1) is 0 Å². The van der Waals surface area contributed by atoms with Gasteiger partial charge in [0.15, 0.2) is 0 Å². The van der Waals surface area contributed by atoms with E-state index in [9.17, 15) is 13.2 Å². The normalized spacial score (nSPS) is 13.0. The molecule has 1 atom stereocenters. The van der Waals surface area contributed by atoms with Gasteiger partial charge >= 0.3 is 6.18 Å². The minimum atomic E-state index is -4.58. The Hall–Kier alpha value is -1.50. The summed E-state index contributed by atoms with van der Waals surface area (Å²) < 4.78 is 37.2. The Bertz CT molecular complexity index is 459. The fourth-order valence-electron chi connectivity index (χ4n) is 1.11. The summed E-state index contributed by atoms with van der Waals surface area (Å²) in [5.41, 5.74) is 7.02. The first-order valence-electron chi connectivity index (χ1n) is 4.28. The molecule has 0 saturated heterocycles. The predicted molar refractivity (Wildman–Crippen MR) is 53.2 cm³/mol. The Morgan fingerprint density at radius 2 is 2.24 bits per heavy atom. The highest BCUT2D eigenvalue weighted by Crippen LogP contribution is 2.33. The van der Waals surface area contributed by atoms with Crippen LogP contribution in [0.3, 0.4) is 0 Å². The lowest BCUT2D eigenvalue weighted by molar-refractivity contribution is -0.137. The van der Waals surface area contributed by atoms with E-state index < -0.39 is 24.4 Å². The second kappa shape index (κ2) is 5.22. The van der Waals surface area contributed by atoms with Gasteiger partial charge < -0.3 is 5.11 Å². The van der Waals surface area contributed by atoms with Gasteiger partial charge in [-0.1, -0.05) is 16.7 Å². The number of azide groups is 1. The number of halogens is 4. The number of nitrogens with zero attached hydrogens (tertiary/aromatic N) is 4. The Kier molecular flexibility index (Phi) is 4.17.